The summed E-state index contributed by atoms with van der Waals surface area (Å²) in [6.07, 6.45) is 8.02. The molecule has 0 amide bonds. The van der Waals surface area contributed by atoms with Crippen LogP contribution in [-0.2, 0) is 3.07 Å². The Balaban J connectivity index is 4.32. The molecule has 98 valence electrons. The van der Waals surface area contributed by atoms with Crippen LogP contribution in [0.1, 0.15) is 66.2 Å². The molecule has 0 N–H and O–H groups in total. The first-order valence-corrected chi connectivity index (χ1v) is 14.6. The molecule has 0 aromatic rings. The van der Waals surface area contributed by atoms with Crippen LogP contribution in [0.4, 0.5) is 0 Å². The van der Waals surface area contributed by atoms with Crippen molar-refractivity contribution in [2.75, 3.05) is 6.61 Å². The van der Waals surface area contributed by atoms with Crippen LogP contribution >= 0.6 is 0 Å². The van der Waals surface area contributed by atoms with Crippen LogP contribution in [0.5, 0.6) is 0 Å². The number of hydrogen-bond acceptors (Lipinski definition) is 1. The van der Waals surface area contributed by atoms with E-state index in [2.05, 4.69) is 27.7 Å². The molecule has 0 saturated heterocycles. The molecule has 0 aliphatic carbocycles. The summed E-state index contributed by atoms with van der Waals surface area (Å²) in [5.74, 6) is 0. The van der Waals surface area contributed by atoms with Crippen molar-refractivity contribution in [1.29, 1.82) is 0 Å². The summed E-state index contributed by atoms with van der Waals surface area (Å²) in [6, 6.07) is 0. The fourth-order valence-electron chi connectivity index (χ4n) is 2.36. The third kappa shape index (κ3) is 7.16. The Hall–Kier alpha value is 0.759. The van der Waals surface area contributed by atoms with Crippen LogP contribution in [0.15, 0.2) is 0 Å². The second-order valence-corrected chi connectivity index (χ2v) is 16.8. The van der Waals surface area contributed by atoms with E-state index in [1.165, 1.54) is 51.8 Å². The first kappa shape index (κ1) is 16.8. The number of unbranched alkanes of at least 4 members (excludes halogenated alkanes) is 2. The van der Waals surface area contributed by atoms with Crippen molar-refractivity contribution in [1.82, 2.24) is 0 Å². The zero-order chi connectivity index (χ0) is 12.3. The van der Waals surface area contributed by atoms with E-state index in [0.29, 0.717) is 0 Å². The molecule has 0 aromatic carbocycles. The maximum atomic E-state index is 6.43. The van der Waals surface area contributed by atoms with E-state index >= 15 is 0 Å². The molecule has 0 radical (unpaired) electrons. The van der Waals surface area contributed by atoms with Crippen LogP contribution in [0, 0.1) is 0 Å². The van der Waals surface area contributed by atoms with Crippen LogP contribution in [0.3, 0.4) is 0 Å². The summed E-state index contributed by atoms with van der Waals surface area (Å²) in [5, 5.41) is 0. The van der Waals surface area contributed by atoms with Gasteiger partial charge in [0.15, 0.2) is 0 Å². The predicted octanol–water partition coefficient (Wildman–Crippen LogP) is 5.37. The maximum absolute atomic E-state index is 6.43. The Labute approximate surface area is 108 Å². The van der Waals surface area contributed by atoms with E-state index in [1.807, 2.05) is 0 Å². The Kier molecular flexibility index (Phi) is 11.4. The molecule has 0 bridgehead atoms. The Bertz CT molecular complexity index is 126. The molecule has 0 fully saturated rings. The van der Waals surface area contributed by atoms with E-state index in [1.54, 1.807) is 0 Å². The van der Waals surface area contributed by atoms with Crippen LogP contribution < -0.4 is 0 Å². The van der Waals surface area contributed by atoms with Gasteiger partial charge in [-0.2, -0.15) is 0 Å². The number of hydrogen-bond donors (Lipinski definition) is 0. The zero-order valence-electron chi connectivity index (χ0n) is 12.0. The predicted molar refractivity (Wildman–Crippen MR) is 76.5 cm³/mol. The van der Waals surface area contributed by atoms with Gasteiger partial charge in [0.2, 0.25) is 0 Å². The molecule has 0 atom stereocenters. The standard InChI is InChI=1S/2C4H9.C3H7O.C3H7.Sn/c2*1-3-4-2;1-2-3-4;1-3-2;/h2*1,3-4H2,2H3;2-3H2,1H3;1,3H2,2H3;/q;;-1;;+1. The van der Waals surface area contributed by atoms with E-state index in [4.69, 9.17) is 3.07 Å². The van der Waals surface area contributed by atoms with Gasteiger partial charge in [0, 0.05) is 0 Å². The molecule has 0 rings (SSSR count). The molecule has 1 nitrogen and oxygen atoms in total. The van der Waals surface area contributed by atoms with Gasteiger partial charge in [0.1, 0.15) is 0 Å². The van der Waals surface area contributed by atoms with E-state index in [-0.39, 0.29) is 0 Å². The first-order chi connectivity index (χ1) is 7.74. The van der Waals surface area contributed by atoms with Gasteiger partial charge < -0.3 is 0 Å². The van der Waals surface area contributed by atoms with Crippen molar-refractivity contribution < 1.29 is 3.07 Å². The average Bonchev–Trinajstić information content (AvgIpc) is 2.31. The van der Waals surface area contributed by atoms with Gasteiger partial charge in [0.25, 0.3) is 0 Å². The van der Waals surface area contributed by atoms with Crippen molar-refractivity contribution in [3.63, 3.8) is 0 Å². The molecule has 0 aromatic heterocycles. The van der Waals surface area contributed by atoms with Crippen molar-refractivity contribution in [3.05, 3.63) is 0 Å². The molecule has 0 aliphatic heterocycles. The van der Waals surface area contributed by atoms with Crippen LogP contribution in [0.2, 0.25) is 13.3 Å². The van der Waals surface area contributed by atoms with Crippen molar-refractivity contribution in [2.24, 2.45) is 0 Å². The Morgan fingerprint density at radius 3 is 1.62 bits per heavy atom. The van der Waals surface area contributed by atoms with Gasteiger partial charge >= 0.3 is 108 Å². The SMILES string of the molecule is CCC[CH2][Sn]([CH2]CC)([CH2]CCC)[O]CCC. The van der Waals surface area contributed by atoms with E-state index < -0.39 is 18.8 Å². The van der Waals surface area contributed by atoms with Gasteiger partial charge in [-0.15, -0.1) is 0 Å². The van der Waals surface area contributed by atoms with Crippen LogP contribution in [-0.4, -0.2) is 25.4 Å². The van der Waals surface area contributed by atoms with Gasteiger partial charge in [-0.05, 0) is 0 Å². The number of rotatable bonds is 11. The summed E-state index contributed by atoms with van der Waals surface area (Å²) < 4.78 is 10.8. The molecule has 0 heterocycles. The fourth-order valence-corrected chi connectivity index (χ4v) is 15.9. The topological polar surface area (TPSA) is 9.23 Å². The normalized spacial score (nSPS) is 12.0. The summed E-state index contributed by atoms with van der Waals surface area (Å²) in [5.41, 5.74) is 0. The van der Waals surface area contributed by atoms with Crippen molar-refractivity contribution in [2.45, 2.75) is 79.5 Å². The molecular weight excluding hydrogens is 303 g/mol. The monoisotopic (exact) mass is 336 g/mol. The Morgan fingerprint density at radius 1 is 0.688 bits per heavy atom. The van der Waals surface area contributed by atoms with E-state index in [0.717, 1.165) is 6.61 Å². The molecular formula is C14H32OSn. The molecule has 0 aliphatic rings. The molecule has 16 heavy (non-hydrogen) atoms. The van der Waals surface area contributed by atoms with Crippen molar-refractivity contribution in [3.8, 4) is 0 Å². The quantitative estimate of drug-likeness (QED) is 0.461. The minimum atomic E-state index is -2.16. The fraction of sp³-hybridized carbons (Fsp3) is 1.00. The molecule has 0 spiro atoms. The molecule has 0 saturated carbocycles. The summed E-state index contributed by atoms with van der Waals surface area (Å²) in [7, 11) is 0. The van der Waals surface area contributed by atoms with Gasteiger partial charge in [-0.1, -0.05) is 0 Å². The second-order valence-electron chi connectivity index (χ2n) is 4.99. The van der Waals surface area contributed by atoms with E-state index in [9.17, 15) is 0 Å². The Morgan fingerprint density at radius 2 is 1.25 bits per heavy atom. The third-order valence-electron chi connectivity index (χ3n) is 3.29. The summed E-state index contributed by atoms with van der Waals surface area (Å²) in [6.45, 7) is 10.2. The minimum absolute atomic E-state index is 1.03. The average molecular weight is 335 g/mol. The third-order valence-corrected chi connectivity index (χ3v) is 16.9. The van der Waals surface area contributed by atoms with Gasteiger partial charge in [-0.25, -0.2) is 0 Å². The first-order valence-electron chi connectivity index (χ1n) is 7.38. The van der Waals surface area contributed by atoms with Gasteiger partial charge in [0.05, 0.1) is 0 Å². The second kappa shape index (κ2) is 10.9. The molecule has 2 heteroatoms. The van der Waals surface area contributed by atoms with Gasteiger partial charge in [-0.3, -0.25) is 0 Å². The molecule has 0 unspecified atom stereocenters. The zero-order valence-corrected chi connectivity index (χ0v) is 14.8. The van der Waals surface area contributed by atoms with Crippen LogP contribution in [0.25, 0.3) is 0 Å². The van der Waals surface area contributed by atoms with Crippen molar-refractivity contribution >= 4 is 18.8 Å². The summed E-state index contributed by atoms with van der Waals surface area (Å²) in [4.78, 5) is 0. The summed E-state index contributed by atoms with van der Waals surface area (Å²) >= 11 is -2.16.